The second-order valence-corrected chi connectivity index (χ2v) is 5.54. The van der Waals surface area contributed by atoms with E-state index in [9.17, 15) is 9.18 Å². The zero-order chi connectivity index (χ0) is 17.6. The van der Waals surface area contributed by atoms with Gasteiger partial charge in [0.05, 0.1) is 24.4 Å². The number of rotatable bonds is 6. The van der Waals surface area contributed by atoms with Crippen molar-refractivity contribution in [2.75, 3.05) is 11.9 Å². The van der Waals surface area contributed by atoms with Crippen LogP contribution in [0.2, 0.25) is 5.02 Å². The van der Waals surface area contributed by atoms with Gasteiger partial charge in [0.2, 0.25) is 5.91 Å². The van der Waals surface area contributed by atoms with Crippen molar-refractivity contribution in [3.8, 4) is 11.4 Å². The molecule has 3 aromatic rings. The van der Waals surface area contributed by atoms with Gasteiger partial charge in [-0.2, -0.15) is 5.10 Å². The molecule has 25 heavy (non-hydrogen) atoms. The minimum atomic E-state index is -0.341. The number of halogens is 2. The van der Waals surface area contributed by atoms with Gasteiger partial charge >= 0.3 is 0 Å². The van der Waals surface area contributed by atoms with E-state index in [2.05, 4.69) is 15.4 Å². The molecule has 0 spiro atoms. The Morgan fingerprint density at radius 3 is 2.76 bits per heavy atom. The second-order valence-electron chi connectivity index (χ2n) is 5.10. The normalized spacial score (nSPS) is 10.5. The molecule has 8 heteroatoms. The lowest BCUT2D eigenvalue weighted by atomic mass is 10.2. The average molecular weight is 361 g/mol. The highest BCUT2D eigenvalue weighted by Crippen LogP contribution is 2.24. The number of aromatic nitrogens is 3. The third-order valence-corrected chi connectivity index (χ3v) is 3.54. The van der Waals surface area contributed by atoms with Gasteiger partial charge in [-0.15, -0.1) is 0 Å². The number of anilines is 1. The zero-order valence-electron chi connectivity index (χ0n) is 13.0. The highest BCUT2D eigenvalue weighted by atomic mass is 35.5. The number of nitrogens with one attached hydrogen (secondary N) is 1. The lowest BCUT2D eigenvalue weighted by Gasteiger charge is -2.12. The van der Waals surface area contributed by atoms with Crippen molar-refractivity contribution in [3.63, 3.8) is 0 Å². The maximum atomic E-state index is 12.8. The minimum absolute atomic E-state index is 0.126. The quantitative estimate of drug-likeness (QED) is 0.730. The van der Waals surface area contributed by atoms with Gasteiger partial charge < -0.3 is 10.1 Å². The predicted octanol–water partition coefficient (Wildman–Crippen LogP) is 3.47. The van der Waals surface area contributed by atoms with Crippen LogP contribution in [0.1, 0.15) is 6.42 Å². The molecule has 0 unspecified atom stereocenters. The molecule has 0 aliphatic heterocycles. The molecule has 6 nitrogen and oxygen atoms in total. The van der Waals surface area contributed by atoms with Crippen molar-refractivity contribution in [2.24, 2.45) is 0 Å². The SMILES string of the molecule is O=C(CCOc1ccc(F)cc1)Nc1cc(Cl)ccc1-n1cncn1. The van der Waals surface area contributed by atoms with Crippen LogP contribution in [0.15, 0.2) is 55.1 Å². The number of carbonyl (C=O) groups excluding carboxylic acids is 1. The molecule has 0 saturated carbocycles. The van der Waals surface area contributed by atoms with Gasteiger partial charge in [-0.25, -0.2) is 14.1 Å². The number of nitrogens with zero attached hydrogens (tertiary/aromatic N) is 3. The molecule has 3 rings (SSSR count). The molecular formula is C17H14ClFN4O2. The summed E-state index contributed by atoms with van der Waals surface area (Å²) in [5, 5.41) is 7.32. The van der Waals surface area contributed by atoms with Crippen LogP contribution in [0.3, 0.4) is 0 Å². The van der Waals surface area contributed by atoms with Crippen LogP contribution >= 0.6 is 11.6 Å². The highest BCUT2D eigenvalue weighted by Gasteiger charge is 2.10. The number of amides is 1. The number of hydrogen-bond acceptors (Lipinski definition) is 4. The van der Waals surface area contributed by atoms with E-state index >= 15 is 0 Å². The Morgan fingerprint density at radius 2 is 2.04 bits per heavy atom. The third kappa shape index (κ3) is 4.54. The lowest BCUT2D eigenvalue weighted by Crippen LogP contribution is -2.16. The van der Waals surface area contributed by atoms with Gasteiger partial charge in [0, 0.05) is 5.02 Å². The van der Waals surface area contributed by atoms with Crippen molar-refractivity contribution in [2.45, 2.75) is 6.42 Å². The second kappa shape index (κ2) is 7.76. The van der Waals surface area contributed by atoms with Crippen molar-refractivity contribution in [3.05, 3.63) is 66.0 Å². The van der Waals surface area contributed by atoms with E-state index < -0.39 is 0 Å². The van der Waals surface area contributed by atoms with Crippen LogP contribution in [-0.2, 0) is 4.79 Å². The Bertz CT molecular complexity index is 854. The van der Waals surface area contributed by atoms with E-state index in [1.54, 1.807) is 18.2 Å². The van der Waals surface area contributed by atoms with Crippen molar-refractivity contribution in [1.29, 1.82) is 0 Å². The Labute approximate surface area is 148 Å². The fraction of sp³-hybridized carbons (Fsp3) is 0.118. The van der Waals surface area contributed by atoms with E-state index in [1.165, 1.54) is 41.6 Å². The molecule has 1 N–H and O–H groups in total. The van der Waals surface area contributed by atoms with Crippen molar-refractivity contribution < 1.29 is 13.9 Å². The number of hydrogen-bond donors (Lipinski definition) is 1. The first-order chi connectivity index (χ1) is 12.1. The molecule has 1 aromatic heterocycles. The van der Waals surface area contributed by atoms with Crippen LogP contribution < -0.4 is 10.1 Å². The number of carbonyl (C=O) groups is 1. The summed E-state index contributed by atoms with van der Waals surface area (Å²) in [6.45, 7) is 0.163. The Hall–Kier alpha value is -2.93. The van der Waals surface area contributed by atoms with Crippen LogP contribution in [-0.4, -0.2) is 27.3 Å². The largest absolute Gasteiger partial charge is 0.493 e. The molecule has 0 aliphatic rings. The molecule has 0 aliphatic carbocycles. The lowest BCUT2D eigenvalue weighted by molar-refractivity contribution is -0.116. The van der Waals surface area contributed by atoms with E-state index in [1.807, 2.05) is 0 Å². The Morgan fingerprint density at radius 1 is 1.24 bits per heavy atom. The summed E-state index contributed by atoms with van der Waals surface area (Å²) in [5.41, 5.74) is 1.17. The molecule has 2 aromatic carbocycles. The fourth-order valence-electron chi connectivity index (χ4n) is 2.15. The molecule has 0 bridgehead atoms. The first-order valence-electron chi connectivity index (χ1n) is 7.44. The summed E-state index contributed by atoms with van der Waals surface area (Å²) in [7, 11) is 0. The maximum absolute atomic E-state index is 12.8. The van der Waals surface area contributed by atoms with E-state index in [4.69, 9.17) is 16.3 Å². The van der Waals surface area contributed by atoms with Crippen molar-refractivity contribution in [1.82, 2.24) is 14.8 Å². The predicted molar refractivity (Wildman–Crippen MR) is 91.5 cm³/mol. The van der Waals surface area contributed by atoms with Crippen LogP contribution in [0, 0.1) is 5.82 Å². The molecule has 0 atom stereocenters. The van der Waals surface area contributed by atoms with E-state index in [0.717, 1.165) is 0 Å². The standard InChI is InChI=1S/C17H14ClFN4O2/c18-12-1-6-16(23-11-20-10-21-23)15(9-12)22-17(24)7-8-25-14-4-2-13(19)3-5-14/h1-6,9-11H,7-8H2,(H,22,24). The summed E-state index contributed by atoms with van der Waals surface area (Å²) >= 11 is 6.01. The van der Waals surface area contributed by atoms with E-state index in [-0.39, 0.29) is 24.8 Å². The fourth-order valence-corrected chi connectivity index (χ4v) is 2.32. The van der Waals surface area contributed by atoms with Crippen LogP contribution in [0.25, 0.3) is 5.69 Å². The Balaban J connectivity index is 1.61. The first-order valence-corrected chi connectivity index (χ1v) is 7.82. The third-order valence-electron chi connectivity index (χ3n) is 3.31. The number of ether oxygens (including phenoxy) is 1. The molecule has 0 saturated heterocycles. The van der Waals surface area contributed by atoms with Gasteiger partial charge in [-0.1, -0.05) is 11.6 Å². The summed E-state index contributed by atoms with van der Waals surface area (Å²) in [5.74, 6) is -0.0855. The van der Waals surface area contributed by atoms with Crippen molar-refractivity contribution >= 4 is 23.2 Å². The topological polar surface area (TPSA) is 69.0 Å². The molecule has 0 radical (unpaired) electrons. The van der Waals surface area contributed by atoms with Gasteiger partial charge in [0.25, 0.3) is 0 Å². The summed E-state index contributed by atoms with van der Waals surface area (Å²) in [6, 6.07) is 10.7. The molecule has 128 valence electrons. The van der Waals surface area contributed by atoms with Gasteiger partial charge in [-0.05, 0) is 42.5 Å². The molecule has 0 fully saturated rings. The van der Waals surface area contributed by atoms with Crippen LogP contribution in [0.4, 0.5) is 10.1 Å². The van der Waals surface area contributed by atoms with E-state index in [0.29, 0.717) is 22.1 Å². The van der Waals surface area contributed by atoms with Crippen LogP contribution in [0.5, 0.6) is 5.75 Å². The average Bonchev–Trinajstić information content (AvgIpc) is 3.11. The summed E-state index contributed by atoms with van der Waals surface area (Å²) in [4.78, 5) is 16.0. The first kappa shape index (κ1) is 16.9. The maximum Gasteiger partial charge on any atom is 0.227 e. The van der Waals surface area contributed by atoms with Gasteiger partial charge in [0.15, 0.2) is 0 Å². The summed E-state index contributed by atoms with van der Waals surface area (Å²) in [6.07, 6.45) is 3.05. The zero-order valence-corrected chi connectivity index (χ0v) is 13.8. The smallest absolute Gasteiger partial charge is 0.227 e. The minimum Gasteiger partial charge on any atom is -0.493 e. The molecule has 1 amide bonds. The monoisotopic (exact) mass is 360 g/mol. The molecular weight excluding hydrogens is 347 g/mol. The van der Waals surface area contributed by atoms with Gasteiger partial charge in [-0.3, -0.25) is 4.79 Å². The molecule has 1 heterocycles. The highest BCUT2D eigenvalue weighted by molar-refractivity contribution is 6.31. The van der Waals surface area contributed by atoms with Gasteiger partial charge in [0.1, 0.15) is 24.2 Å². The number of benzene rings is 2. The summed E-state index contributed by atoms with van der Waals surface area (Å²) < 4.78 is 19.8. The Kier molecular flexibility index (Phi) is 5.25.